The van der Waals surface area contributed by atoms with Crippen LogP contribution in [0.25, 0.3) is 0 Å². The summed E-state index contributed by atoms with van der Waals surface area (Å²) in [6.45, 7) is 0.650. The van der Waals surface area contributed by atoms with Crippen molar-refractivity contribution in [3.8, 4) is 0 Å². The molecular weight excluding hydrogens is 270 g/mol. The summed E-state index contributed by atoms with van der Waals surface area (Å²) >= 11 is 3.34. The maximum Gasteiger partial charge on any atom is 0.252 e. The lowest BCUT2D eigenvalue weighted by Crippen LogP contribution is -2.38. The molecule has 2 N–H and O–H groups in total. The van der Waals surface area contributed by atoms with Crippen LogP contribution in [-0.2, 0) is 0 Å². The molecule has 2 rings (SSSR count). The molecule has 0 atom stereocenters. The average molecular weight is 284 g/mol. The van der Waals surface area contributed by atoms with E-state index in [1.807, 2.05) is 18.2 Å². The number of hydrogen-bond acceptors (Lipinski definition) is 2. The van der Waals surface area contributed by atoms with E-state index < -0.39 is 0 Å². The SMILES string of the molecule is O=C(NCC1CC(O)C1)c1ccccc1Br. The fourth-order valence-corrected chi connectivity index (χ4v) is 2.31. The number of aliphatic hydroxyl groups excluding tert-OH is 1. The lowest BCUT2D eigenvalue weighted by molar-refractivity contribution is 0.0420. The molecule has 4 heteroatoms. The van der Waals surface area contributed by atoms with E-state index in [2.05, 4.69) is 21.2 Å². The Balaban J connectivity index is 1.86. The minimum absolute atomic E-state index is 0.0612. The van der Waals surface area contributed by atoms with Crippen LogP contribution in [0, 0.1) is 5.92 Å². The van der Waals surface area contributed by atoms with Gasteiger partial charge in [-0.2, -0.15) is 0 Å². The van der Waals surface area contributed by atoms with Crippen molar-refractivity contribution >= 4 is 21.8 Å². The second-order valence-electron chi connectivity index (χ2n) is 4.18. The summed E-state index contributed by atoms with van der Waals surface area (Å²) in [5, 5.41) is 12.0. The van der Waals surface area contributed by atoms with Crippen molar-refractivity contribution < 1.29 is 9.90 Å². The molecule has 1 aromatic rings. The molecule has 86 valence electrons. The number of benzene rings is 1. The molecule has 3 nitrogen and oxygen atoms in total. The third-order valence-corrected chi connectivity index (χ3v) is 3.57. The number of amides is 1. The molecule has 1 aliphatic carbocycles. The molecule has 0 aliphatic heterocycles. The lowest BCUT2D eigenvalue weighted by atomic mass is 9.82. The fraction of sp³-hybridized carbons (Fsp3) is 0.417. The fourth-order valence-electron chi connectivity index (χ4n) is 1.84. The molecule has 0 saturated heterocycles. The van der Waals surface area contributed by atoms with Crippen molar-refractivity contribution in [2.75, 3.05) is 6.54 Å². The summed E-state index contributed by atoms with van der Waals surface area (Å²) in [6, 6.07) is 7.35. The van der Waals surface area contributed by atoms with Crippen LogP contribution in [0.4, 0.5) is 0 Å². The predicted octanol–water partition coefficient (Wildman–Crippen LogP) is 1.95. The van der Waals surface area contributed by atoms with Crippen molar-refractivity contribution in [1.82, 2.24) is 5.32 Å². The van der Waals surface area contributed by atoms with Crippen molar-refractivity contribution in [3.05, 3.63) is 34.3 Å². The van der Waals surface area contributed by atoms with Gasteiger partial charge in [0.05, 0.1) is 11.7 Å². The van der Waals surface area contributed by atoms with Crippen LogP contribution in [0.15, 0.2) is 28.7 Å². The molecule has 16 heavy (non-hydrogen) atoms. The van der Waals surface area contributed by atoms with E-state index in [-0.39, 0.29) is 12.0 Å². The van der Waals surface area contributed by atoms with E-state index in [0.717, 1.165) is 17.3 Å². The third kappa shape index (κ3) is 2.62. The number of aliphatic hydroxyl groups is 1. The van der Waals surface area contributed by atoms with Gasteiger partial charge in [-0.15, -0.1) is 0 Å². The van der Waals surface area contributed by atoms with Crippen molar-refractivity contribution in [2.24, 2.45) is 5.92 Å². The Morgan fingerprint density at radius 2 is 2.12 bits per heavy atom. The number of nitrogens with one attached hydrogen (secondary N) is 1. The predicted molar refractivity (Wildman–Crippen MR) is 65.2 cm³/mol. The van der Waals surface area contributed by atoms with Crippen LogP contribution >= 0.6 is 15.9 Å². The van der Waals surface area contributed by atoms with Crippen LogP contribution < -0.4 is 5.32 Å². The number of rotatable bonds is 3. The first-order chi connectivity index (χ1) is 7.66. The summed E-state index contributed by atoms with van der Waals surface area (Å²) in [7, 11) is 0. The summed E-state index contributed by atoms with van der Waals surface area (Å²) in [5.74, 6) is 0.371. The monoisotopic (exact) mass is 283 g/mol. The van der Waals surface area contributed by atoms with Gasteiger partial charge in [-0.05, 0) is 46.8 Å². The van der Waals surface area contributed by atoms with Gasteiger partial charge in [0.2, 0.25) is 0 Å². The van der Waals surface area contributed by atoms with E-state index in [1.165, 1.54) is 0 Å². The molecule has 0 spiro atoms. The zero-order valence-corrected chi connectivity index (χ0v) is 10.4. The highest BCUT2D eigenvalue weighted by atomic mass is 79.9. The quantitative estimate of drug-likeness (QED) is 0.891. The molecule has 1 aliphatic rings. The van der Waals surface area contributed by atoms with Crippen LogP contribution in [0.5, 0.6) is 0 Å². The Labute approximate surface area is 103 Å². The Morgan fingerprint density at radius 1 is 1.44 bits per heavy atom. The van der Waals surface area contributed by atoms with Crippen LogP contribution in [-0.4, -0.2) is 23.7 Å². The number of hydrogen-bond donors (Lipinski definition) is 2. The molecule has 0 heterocycles. The van der Waals surface area contributed by atoms with Crippen LogP contribution in [0.1, 0.15) is 23.2 Å². The molecule has 0 unspecified atom stereocenters. The maximum atomic E-state index is 11.8. The van der Waals surface area contributed by atoms with E-state index in [9.17, 15) is 4.79 Å². The Morgan fingerprint density at radius 3 is 2.75 bits per heavy atom. The van der Waals surface area contributed by atoms with E-state index in [1.54, 1.807) is 6.07 Å². The second-order valence-corrected chi connectivity index (χ2v) is 5.04. The van der Waals surface area contributed by atoms with Gasteiger partial charge in [0.15, 0.2) is 0 Å². The minimum atomic E-state index is -0.162. The van der Waals surface area contributed by atoms with E-state index >= 15 is 0 Å². The highest BCUT2D eigenvalue weighted by Gasteiger charge is 2.27. The molecule has 0 aromatic heterocycles. The lowest BCUT2D eigenvalue weighted by Gasteiger charge is -2.31. The third-order valence-electron chi connectivity index (χ3n) is 2.88. The Kier molecular flexibility index (Phi) is 3.61. The van der Waals surface area contributed by atoms with Gasteiger partial charge in [-0.25, -0.2) is 0 Å². The number of carbonyl (C=O) groups is 1. The zero-order valence-electron chi connectivity index (χ0n) is 8.82. The van der Waals surface area contributed by atoms with Gasteiger partial charge in [-0.1, -0.05) is 12.1 Å². The maximum absolute atomic E-state index is 11.8. The summed E-state index contributed by atoms with van der Waals surface area (Å²) < 4.78 is 0.807. The minimum Gasteiger partial charge on any atom is -0.393 e. The van der Waals surface area contributed by atoms with Gasteiger partial charge in [0.1, 0.15) is 0 Å². The summed E-state index contributed by atoms with van der Waals surface area (Å²) in [4.78, 5) is 11.8. The number of carbonyl (C=O) groups excluding carboxylic acids is 1. The van der Waals surface area contributed by atoms with Crippen molar-refractivity contribution in [1.29, 1.82) is 0 Å². The van der Waals surface area contributed by atoms with E-state index in [0.29, 0.717) is 18.0 Å². The topological polar surface area (TPSA) is 49.3 Å². The highest BCUT2D eigenvalue weighted by Crippen LogP contribution is 2.26. The Hall–Kier alpha value is -0.870. The van der Waals surface area contributed by atoms with Gasteiger partial charge in [0, 0.05) is 11.0 Å². The van der Waals surface area contributed by atoms with Crippen LogP contribution in [0.2, 0.25) is 0 Å². The summed E-state index contributed by atoms with van der Waals surface area (Å²) in [5.41, 5.74) is 0.655. The normalized spacial score (nSPS) is 23.6. The van der Waals surface area contributed by atoms with Crippen molar-refractivity contribution in [3.63, 3.8) is 0 Å². The van der Waals surface area contributed by atoms with Gasteiger partial charge >= 0.3 is 0 Å². The van der Waals surface area contributed by atoms with Crippen molar-refractivity contribution in [2.45, 2.75) is 18.9 Å². The molecule has 1 saturated carbocycles. The molecule has 0 bridgehead atoms. The molecular formula is C12H14BrNO2. The van der Waals surface area contributed by atoms with E-state index in [4.69, 9.17) is 5.11 Å². The highest BCUT2D eigenvalue weighted by molar-refractivity contribution is 9.10. The first kappa shape index (κ1) is 11.6. The standard InChI is InChI=1S/C12H14BrNO2/c13-11-4-2-1-3-10(11)12(16)14-7-8-5-9(15)6-8/h1-4,8-9,15H,5-7H2,(H,14,16). The van der Waals surface area contributed by atoms with Gasteiger partial charge < -0.3 is 10.4 Å². The molecule has 1 aromatic carbocycles. The first-order valence-electron chi connectivity index (χ1n) is 5.37. The smallest absolute Gasteiger partial charge is 0.252 e. The summed E-state index contributed by atoms with van der Waals surface area (Å²) in [6.07, 6.45) is 1.44. The second kappa shape index (κ2) is 4.97. The molecule has 1 fully saturated rings. The van der Waals surface area contributed by atoms with Gasteiger partial charge in [0.25, 0.3) is 5.91 Å². The molecule has 1 amide bonds. The van der Waals surface area contributed by atoms with Gasteiger partial charge in [-0.3, -0.25) is 4.79 Å². The molecule has 0 radical (unpaired) electrons. The van der Waals surface area contributed by atoms with Crippen LogP contribution in [0.3, 0.4) is 0 Å². The Bertz CT molecular complexity index is 388. The first-order valence-corrected chi connectivity index (χ1v) is 6.17. The number of halogens is 1. The zero-order chi connectivity index (χ0) is 11.5. The average Bonchev–Trinajstić information content (AvgIpc) is 2.23. The largest absolute Gasteiger partial charge is 0.393 e.